The number of halogens is 2. The summed E-state index contributed by atoms with van der Waals surface area (Å²) in [5, 5.41) is 8.71. The number of hydrogen-bond acceptors (Lipinski definition) is 5. The summed E-state index contributed by atoms with van der Waals surface area (Å²) < 4.78 is 27.7. The van der Waals surface area contributed by atoms with Gasteiger partial charge in [0, 0.05) is 37.6 Å². The molecule has 1 saturated heterocycles. The largest absolute Gasteiger partial charge is 0.380 e. The predicted octanol–water partition coefficient (Wildman–Crippen LogP) is 4.44. The van der Waals surface area contributed by atoms with Crippen molar-refractivity contribution < 1.29 is 18.4 Å². The van der Waals surface area contributed by atoms with Crippen LogP contribution in [0.3, 0.4) is 0 Å². The van der Waals surface area contributed by atoms with Crippen LogP contribution < -0.4 is 21.7 Å². The second kappa shape index (κ2) is 10.2. The Morgan fingerprint density at radius 1 is 1.03 bits per heavy atom. The number of amides is 3. The fourth-order valence-electron chi connectivity index (χ4n) is 3.67. The number of nitrogens with one attached hydrogen (secondary N) is 3. The van der Waals surface area contributed by atoms with Gasteiger partial charge in [-0.05, 0) is 48.7 Å². The Morgan fingerprint density at radius 2 is 1.82 bits per heavy atom. The molecule has 8 nitrogen and oxygen atoms in total. The van der Waals surface area contributed by atoms with Gasteiger partial charge in [-0.3, -0.25) is 4.79 Å². The van der Waals surface area contributed by atoms with Crippen LogP contribution in [0.1, 0.15) is 28.8 Å². The Kier molecular flexibility index (Phi) is 6.86. The van der Waals surface area contributed by atoms with Crippen molar-refractivity contribution >= 4 is 34.8 Å². The lowest BCUT2D eigenvalue weighted by Crippen LogP contribution is -2.32. The maximum Gasteiger partial charge on any atom is 0.321 e. The lowest BCUT2D eigenvalue weighted by molar-refractivity contribution is 0.100. The highest BCUT2D eigenvalue weighted by Crippen LogP contribution is 2.26. The third-order valence-electron chi connectivity index (χ3n) is 5.42. The minimum absolute atomic E-state index is 0.0418. The van der Waals surface area contributed by atoms with Crippen molar-refractivity contribution in [1.82, 2.24) is 9.88 Å². The topological polar surface area (TPSA) is 112 Å². The van der Waals surface area contributed by atoms with Crippen LogP contribution in [0.5, 0.6) is 0 Å². The van der Waals surface area contributed by atoms with E-state index in [1.807, 2.05) is 0 Å². The average Bonchev–Trinajstić information content (AvgIpc) is 3.35. The van der Waals surface area contributed by atoms with Crippen molar-refractivity contribution in [3.05, 3.63) is 77.5 Å². The molecule has 1 fully saturated rings. The molecule has 34 heavy (non-hydrogen) atoms. The molecule has 0 radical (unpaired) electrons. The molecule has 1 aliphatic heterocycles. The minimum Gasteiger partial charge on any atom is -0.380 e. The third-order valence-corrected chi connectivity index (χ3v) is 5.42. The zero-order chi connectivity index (χ0) is 24.1. The van der Waals surface area contributed by atoms with Gasteiger partial charge >= 0.3 is 6.03 Å². The van der Waals surface area contributed by atoms with E-state index in [4.69, 9.17) is 5.73 Å². The molecule has 0 saturated carbocycles. The third kappa shape index (κ3) is 5.58. The van der Waals surface area contributed by atoms with Gasteiger partial charge in [0.15, 0.2) is 0 Å². The van der Waals surface area contributed by atoms with Gasteiger partial charge in [0.05, 0.1) is 16.9 Å². The normalized spacial score (nSPS) is 12.9. The van der Waals surface area contributed by atoms with E-state index in [0.717, 1.165) is 12.8 Å². The summed E-state index contributed by atoms with van der Waals surface area (Å²) in [6.45, 7) is 1.55. The maximum atomic E-state index is 14.3. The first kappa shape index (κ1) is 23.0. The van der Waals surface area contributed by atoms with Gasteiger partial charge in [0.1, 0.15) is 17.5 Å². The molecular formula is C24H24F2N6O2. The smallest absolute Gasteiger partial charge is 0.321 e. The van der Waals surface area contributed by atoms with Crippen molar-refractivity contribution in [2.75, 3.05) is 29.0 Å². The van der Waals surface area contributed by atoms with Crippen LogP contribution in [-0.4, -0.2) is 34.9 Å². The number of benzene rings is 2. The molecule has 10 heteroatoms. The molecule has 0 aliphatic carbocycles. The number of hydrogen-bond donors (Lipinski definition) is 4. The number of nitrogens with two attached hydrogens (primary N) is 1. The molecule has 0 bridgehead atoms. The standard InChI is InChI=1S/C24H24F2N6O2/c25-16-5-3-4-15(10-16)13-28-20-12-22(29-14-18(20)23(27)33)30-17-6-7-19(26)21(11-17)31-24(34)32-8-1-2-9-32/h3-7,10-12,14H,1-2,8-9,13H2,(H2,27,33)(H,31,34)(H2,28,29,30). The highest BCUT2D eigenvalue weighted by Gasteiger charge is 2.19. The summed E-state index contributed by atoms with van der Waals surface area (Å²) >= 11 is 0. The van der Waals surface area contributed by atoms with E-state index < -0.39 is 11.7 Å². The number of nitrogens with zero attached hydrogens (tertiary/aromatic N) is 2. The van der Waals surface area contributed by atoms with Crippen molar-refractivity contribution in [2.45, 2.75) is 19.4 Å². The number of anilines is 4. The first-order valence-electron chi connectivity index (χ1n) is 10.8. The van der Waals surface area contributed by atoms with Crippen LogP contribution in [0.2, 0.25) is 0 Å². The van der Waals surface area contributed by atoms with Gasteiger partial charge in [-0.25, -0.2) is 18.6 Å². The molecule has 3 amide bonds. The van der Waals surface area contributed by atoms with Crippen molar-refractivity contribution in [1.29, 1.82) is 0 Å². The second-order valence-electron chi connectivity index (χ2n) is 7.91. The highest BCUT2D eigenvalue weighted by atomic mass is 19.1. The van der Waals surface area contributed by atoms with E-state index in [2.05, 4.69) is 20.9 Å². The molecule has 4 rings (SSSR count). The Bertz CT molecular complexity index is 1210. The van der Waals surface area contributed by atoms with Crippen LogP contribution in [-0.2, 0) is 6.54 Å². The fraction of sp³-hybridized carbons (Fsp3) is 0.208. The van der Waals surface area contributed by atoms with Gasteiger partial charge in [0.25, 0.3) is 5.91 Å². The number of carbonyl (C=O) groups is 2. The lowest BCUT2D eigenvalue weighted by atomic mass is 10.2. The summed E-state index contributed by atoms with van der Waals surface area (Å²) in [5.74, 6) is -1.24. The van der Waals surface area contributed by atoms with Crippen molar-refractivity contribution in [3.63, 3.8) is 0 Å². The lowest BCUT2D eigenvalue weighted by Gasteiger charge is -2.17. The van der Waals surface area contributed by atoms with E-state index in [1.165, 1.54) is 36.5 Å². The van der Waals surface area contributed by atoms with Gasteiger partial charge in [0.2, 0.25) is 0 Å². The average molecular weight is 466 g/mol. The molecule has 0 spiro atoms. The Balaban J connectivity index is 1.51. The number of carbonyl (C=O) groups excluding carboxylic acids is 2. The Labute approximate surface area is 195 Å². The molecule has 2 heterocycles. The van der Waals surface area contributed by atoms with E-state index in [-0.39, 0.29) is 29.6 Å². The quantitative estimate of drug-likeness (QED) is 0.411. The minimum atomic E-state index is -0.672. The molecule has 0 unspecified atom stereocenters. The van der Waals surface area contributed by atoms with Crippen LogP contribution in [0.15, 0.2) is 54.7 Å². The Morgan fingerprint density at radius 3 is 2.56 bits per heavy atom. The van der Waals surface area contributed by atoms with Crippen molar-refractivity contribution in [3.8, 4) is 0 Å². The first-order chi connectivity index (χ1) is 16.4. The molecule has 5 N–H and O–H groups in total. The zero-order valence-electron chi connectivity index (χ0n) is 18.3. The number of pyridine rings is 1. The summed E-state index contributed by atoms with van der Waals surface area (Å²) in [4.78, 5) is 30.0. The van der Waals surface area contributed by atoms with E-state index in [1.54, 1.807) is 23.1 Å². The Hall–Kier alpha value is -4.21. The summed E-state index contributed by atoms with van der Waals surface area (Å²) in [6, 6.07) is 11.5. The van der Waals surface area contributed by atoms with Gasteiger partial charge in [-0.15, -0.1) is 0 Å². The molecule has 2 aromatic carbocycles. The zero-order valence-corrected chi connectivity index (χ0v) is 18.3. The number of primary amides is 1. The summed E-state index contributed by atoms with van der Waals surface area (Å²) in [7, 11) is 0. The molecular weight excluding hydrogens is 442 g/mol. The maximum absolute atomic E-state index is 14.3. The van der Waals surface area contributed by atoms with Crippen LogP contribution in [0.4, 0.5) is 36.5 Å². The molecule has 1 aromatic heterocycles. The van der Waals surface area contributed by atoms with Gasteiger partial charge in [-0.2, -0.15) is 0 Å². The molecule has 3 aromatic rings. The fourth-order valence-corrected chi connectivity index (χ4v) is 3.67. The monoisotopic (exact) mass is 466 g/mol. The SMILES string of the molecule is NC(=O)c1cnc(Nc2ccc(F)c(NC(=O)N3CCCC3)c2)cc1NCc1cccc(F)c1. The van der Waals surface area contributed by atoms with E-state index >= 15 is 0 Å². The summed E-state index contributed by atoms with van der Waals surface area (Å²) in [5.41, 5.74) is 7.23. The van der Waals surface area contributed by atoms with Crippen LogP contribution in [0, 0.1) is 11.6 Å². The number of rotatable bonds is 7. The number of aromatic nitrogens is 1. The summed E-state index contributed by atoms with van der Waals surface area (Å²) in [6.07, 6.45) is 3.18. The van der Waals surface area contributed by atoms with Crippen LogP contribution in [0.25, 0.3) is 0 Å². The van der Waals surface area contributed by atoms with Gasteiger partial charge < -0.3 is 26.6 Å². The van der Waals surface area contributed by atoms with Crippen LogP contribution >= 0.6 is 0 Å². The number of urea groups is 1. The number of likely N-dealkylation sites (tertiary alicyclic amines) is 1. The molecule has 1 aliphatic rings. The van der Waals surface area contributed by atoms with E-state index in [0.29, 0.717) is 35.8 Å². The first-order valence-corrected chi connectivity index (χ1v) is 10.8. The van der Waals surface area contributed by atoms with Gasteiger partial charge in [-0.1, -0.05) is 12.1 Å². The highest BCUT2D eigenvalue weighted by molar-refractivity contribution is 5.98. The molecule has 176 valence electrons. The van der Waals surface area contributed by atoms with E-state index in [9.17, 15) is 18.4 Å². The predicted molar refractivity (Wildman–Crippen MR) is 126 cm³/mol. The van der Waals surface area contributed by atoms with Crippen molar-refractivity contribution in [2.24, 2.45) is 5.73 Å². The molecule has 0 atom stereocenters. The second-order valence-corrected chi connectivity index (χ2v) is 7.91.